The Morgan fingerprint density at radius 1 is 1.39 bits per heavy atom. The number of nitrogens with zero attached hydrogens (tertiary/aromatic N) is 3. The van der Waals surface area contributed by atoms with Crippen LogP contribution in [0.3, 0.4) is 0 Å². The number of anilines is 2. The van der Waals surface area contributed by atoms with Crippen LogP contribution in [-0.4, -0.2) is 39.3 Å². The molecule has 1 atom stereocenters. The van der Waals surface area contributed by atoms with Crippen molar-refractivity contribution < 1.29 is 24.0 Å². The Hall–Kier alpha value is -3.89. The average molecular weight is 385 g/mol. The van der Waals surface area contributed by atoms with Crippen molar-refractivity contribution in [2.45, 2.75) is 19.3 Å². The van der Waals surface area contributed by atoms with Gasteiger partial charge in [-0.05, 0) is 26.0 Å². The van der Waals surface area contributed by atoms with Crippen molar-refractivity contribution in [2.75, 3.05) is 17.2 Å². The lowest BCUT2D eigenvalue weighted by Crippen LogP contribution is -2.40. The third-order valence-corrected chi connectivity index (χ3v) is 4.32. The highest BCUT2D eigenvalue weighted by atomic mass is 16.6. The van der Waals surface area contributed by atoms with Gasteiger partial charge in [0.2, 0.25) is 5.91 Å². The molecule has 28 heavy (non-hydrogen) atoms. The molecule has 2 aromatic rings. The number of nitro groups is 1. The molecule has 0 saturated carbocycles. The second-order valence-electron chi connectivity index (χ2n) is 6.02. The van der Waals surface area contributed by atoms with Crippen LogP contribution in [0.5, 0.6) is 0 Å². The largest absolute Gasteiger partial charge is 0.465 e. The standard InChI is InChI=1S/C17H15N5O6/c1-3-28-16(25)17(2)9-6-13(22(26)27)12(7-11(9)21-15(17)24)20-14(23)10-4-5-18-8-19-10/h4-8H,3H2,1-2H3,(H,20,23)(H,21,24). The third-order valence-electron chi connectivity index (χ3n) is 4.32. The van der Waals surface area contributed by atoms with E-state index < -0.39 is 33.8 Å². The number of esters is 1. The molecule has 144 valence electrons. The number of carbonyl (C=O) groups excluding carboxylic acids is 3. The molecule has 0 bridgehead atoms. The van der Waals surface area contributed by atoms with E-state index in [1.54, 1.807) is 6.92 Å². The minimum atomic E-state index is -1.73. The number of carbonyl (C=O) groups is 3. The lowest BCUT2D eigenvalue weighted by atomic mass is 9.83. The van der Waals surface area contributed by atoms with Crippen LogP contribution < -0.4 is 10.6 Å². The van der Waals surface area contributed by atoms with Crippen molar-refractivity contribution >= 4 is 34.8 Å². The molecule has 1 aliphatic heterocycles. The van der Waals surface area contributed by atoms with Crippen molar-refractivity contribution in [1.29, 1.82) is 0 Å². The van der Waals surface area contributed by atoms with Crippen molar-refractivity contribution in [1.82, 2.24) is 9.97 Å². The fourth-order valence-electron chi connectivity index (χ4n) is 2.82. The maximum Gasteiger partial charge on any atom is 0.326 e. The zero-order chi connectivity index (χ0) is 20.5. The topological polar surface area (TPSA) is 153 Å². The molecule has 0 spiro atoms. The van der Waals surface area contributed by atoms with Crippen LogP contribution in [0.2, 0.25) is 0 Å². The number of ether oxygens (including phenoxy) is 1. The van der Waals surface area contributed by atoms with E-state index in [9.17, 15) is 24.5 Å². The number of rotatable bonds is 5. The summed E-state index contributed by atoms with van der Waals surface area (Å²) >= 11 is 0. The number of hydrogen-bond acceptors (Lipinski definition) is 8. The zero-order valence-corrected chi connectivity index (χ0v) is 14.9. The first-order valence-corrected chi connectivity index (χ1v) is 8.18. The van der Waals surface area contributed by atoms with Crippen molar-refractivity contribution in [2.24, 2.45) is 0 Å². The van der Waals surface area contributed by atoms with Crippen LogP contribution in [0.4, 0.5) is 17.1 Å². The molecule has 11 heteroatoms. The summed E-state index contributed by atoms with van der Waals surface area (Å²) in [5.41, 5.74) is -2.09. The molecule has 1 aromatic carbocycles. The average Bonchev–Trinajstić information content (AvgIpc) is 2.92. The van der Waals surface area contributed by atoms with Crippen LogP contribution >= 0.6 is 0 Å². The molecule has 2 N–H and O–H groups in total. The summed E-state index contributed by atoms with van der Waals surface area (Å²) in [7, 11) is 0. The summed E-state index contributed by atoms with van der Waals surface area (Å²) in [6, 6.07) is 3.66. The molecular formula is C17H15N5O6. The van der Waals surface area contributed by atoms with E-state index in [-0.39, 0.29) is 29.2 Å². The fourth-order valence-corrected chi connectivity index (χ4v) is 2.82. The summed E-state index contributed by atoms with van der Waals surface area (Å²) in [5.74, 6) is -2.18. The molecule has 11 nitrogen and oxygen atoms in total. The van der Waals surface area contributed by atoms with E-state index in [2.05, 4.69) is 20.6 Å². The molecule has 3 rings (SSSR count). The number of hydrogen-bond donors (Lipinski definition) is 2. The fraction of sp³-hybridized carbons (Fsp3) is 0.235. The smallest absolute Gasteiger partial charge is 0.326 e. The highest BCUT2D eigenvalue weighted by molar-refractivity contribution is 6.19. The minimum Gasteiger partial charge on any atom is -0.465 e. The van der Waals surface area contributed by atoms with E-state index in [1.807, 2.05) is 0 Å². The molecular weight excluding hydrogens is 370 g/mol. The Labute approximate surface area is 158 Å². The summed E-state index contributed by atoms with van der Waals surface area (Å²) < 4.78 is 4.96. The second-order valence-corrected chi connectivity index (χ2v) is 6.02. The number of nitro benzene ring substituents is 1. The van der Waals surface area contributed by atoms with Gasteiger partial charge in [0.1, 0.15) is 17.7 Å². The predicted octanol–water partition coefficient (Wildman–Crippen LogP) is 1.41. The van der Waals surface area contributed by atoms with Crippen molar-refractivity contribution in [3.8, 4) is 0 Å². The molecule has 1 aromatic heterocycles. The molecule has 0 radical (unpaired) electrons. The van der Waals surface area contributed by atoms with E-state index in [0.29, 0.717) is 0 Å². The van der Waals surface area contributed by atoms with Gasteiger partial charge in [0.05, 0.1) is 11.5 Å². The first kappa shape index (κ1) is 18.9. The highest BCUT2D eigenvalue weighted by Gasteiger charge is 2.51. The van der Waals surface area contributed by atoms with E-state index in [0.717, 1.165) is 12.4 Å². The first-order valence-electron chi connectivity index (χ1n) is 8.18. The number of amides is 2. The summed E-state index contributed by atoms with van der Waals surface area (Å²) in [6.07, 6.45) is 2.51. The monoisotopic (exact) mass is 385 g/mol. The Bertz CT molecular complexity index is 993. The number of benzene rings is 1. The van der Waals surface area contributed by atoms with Gasteiger partial charge in [0.15, 0.2) is 5.41 Å². The summed E-state index contributed by atoms with van der Waals surface area (Å²) in [4.78, 5) is 55.3. The number of nitrogens with one attached hydrogen (secondary N) is 2. The molecule has 1 unspecified atom stereocenters. The van der Waals surface area contributed by atoms with Crippen LogP contribution in [0.1, 0.15) is 29.9 Å². The van der Waals surface area contributed by atoms with Crippen molar-refractivity contribution in [3.63, 3.8) is 0 Å². The maximum atomic E-state index is 12.4. The van der Waals surface area contributed by atoms with E-state index in [1.165, 1.54) is 25.3 Å². The van der Waals surface area contributed by atoms with E-state index in [4.69, 9.17) is 4.74 Å². The van der Waals surface area contributed by atoms with Gasteiger partial charge >= 0.3 is 5.97 Å². The molecule has 2 heterocycles. The second kappa shape index (κ2) is 7.02. The zero-order valence-electron chi connectivity index (χ0n) is 14.9. The van der Waals surface area contributed by atoms with Gasteiger partial charge in [-0.2, -0.15) is 0 Å². The first-order chi connectivity index (χ1) is 13.3. The molecule has 0 saturated heterocycles. The minimum absolute atomic E-state index is 0.00481. The Balaban J connectivity index is 2.05. The normalized spacial score (nSPS) is 17.4. The lowest BCUT2D eigenvalue weighted by molar-refractivity contribution is -0.384. The van der Waals surface area contributed by atoms with Gasteiger partial charge < -0.3 is 15.4 Å². The van der Waals surface area contributed by atoms with Gasteiger partial charge in [0.25, 0.3) is 11.6 Å². The third kappa shape index (κ3) is 3.02. The van der Waals surface area contributed by atoms with Gasteiger partial charge in [-0.3, -0.25) is 24.5 Å². The predicted molar refractivity (Wildman–Crippen MR) is 95.7 cm³/mol. The van der Waals surface area contributed by atoms with Gasteiger partial charge in [0, 0.05) is 23.5 Å². The Morgan fingerprint density at radius 2 is 2.14 bits per heavy atom. The van der Waals surface area contributed by atoms with E-state index >= 15 is 0 Å². The van der Waals surface area contributed by atoms with Crippen LogP contribution in [0, 0.1) is 10.1 Å². The number of fused-ring (bicyclic) bond motifs is 1. The summed E-state index contributed by atoms with van der Waals surface area (Å²) in [5, 5.41) is 16.4. The van der Waals surface area contributed by atoms with Gasteiger partial charge in [-0.15, -0.1) is 0 Å². The van der Waals surface area contributed by atoms with Crippen molar-refractivity contribution in [3.05, 3.63) is 52.1 Å². The molecule has 2 amide bonds. The maximum absolute atomic E-state index is 12.4. The highest BCUT2D eigenvalue weighted by Crippen LogP contribution is 2.43. The lowest BCUT2D eigenvalue weighted by Gasteiger charge is -2.19. The molecule has 1 aliphatic rings. The SMILES string of the molecule is CCOC(=O)C1(C)C(=O)Nc2cc(NC(=O)c3ccncn3)c([N+](=O)[O-])cc21. The van der Waals surface area contributed by atoms with Crippen LogP contribution in [0.25, 0.3) is 0 Å². The van der Waals surface area contributed by atoms with Gasteiger partial charge in [-0.1, -0.05) is 0 Å². The number of aromatic nitrogens is 2. The molecule has 0 aliphatic carbocycles. The van der Waals surface area contributed by atoms with Crippen LogP contribution in [0.15, 0.2) is 30.7 Å². The summed E-state index contributed by atoms with van der Waals surface area (Å²) in [6.45, 7) is 2.96. The quantitative estimate of drug-likeness (QED) is 0.339. The Kier molecular flexibility index (Phi) is 4.74. The Morgan fingerprint density at radius 3 is 2.75 bits per heavy atom. The van der Waals surface area contributed by atoms with Crippen LogP contribution in [-0.2, 0) is 19.7 Å². The van der Waals surface area contributed by atoms with Gasteiger partial charge in [-0.25, -0.2) is 9.97 Å². The molecule has 0 fully saturated rings.